The fourth-order valence-electron chi connectivity index (χ4n) is 1.71. The van der Waals surface area contributed by atoms with Crippen molar-refractivity contribution in [3.05, 3.63) is 28.3 Å². The van der Waals surface area contributed by atoms with Crippen molar-refractivity contribution in [2.45, 2.75) is 33.1 Å². The molecule has 0 saturated carbocycles. The molecule has 0 aliphatic rings. The molecule has 94 valence electrons. The highest BCUT2D eigenvalue weighted by Gasteiger charge is 2.31. The molecule has 0 unspecified atom stereocenters. The largest absolute Gasteiger partial charge is 0.492 e. The molecule has 0 spiro atoms. The maximum atomic E-state index is 11.2. The molecule has 0 aliphatic carbocycles. The molecule has 0 fully saturated rings. The summed E-state index contributed by atoms with van der Waals surface area (Å²) in [6.07, 6.45) is 0. The van der Waals surface area contributed by atoms with E-state index in [1.165, 1.54) is 0 Å². The van der Waals surface area contributed by atoms with Gasteiger partial charge in [0.15, 0.2) is 0 Å². The summed E-state index contributed by atoms with van der Waals surface area (Å²) >= 11 is 6.07. The second-order valence-electron chi connectivity index (χ2n) is 4.46. The highest BCUT2D eigenvalue weighted by molar-refractivity contribution is 6.32. The summed E-state index contributed by atoms with van der Waals surface area (Å²) in [6.45, 7) is 7.59. The van der Waals surface area contributed by atoms with Crippen molar-refractivity contribution in [2.75, 3.05) is 6.61 Å². The number of carboxylic acid groups (broad SMARTS) is 1. The van der Waals surface area contributed by atoms with Gasteiger partial charge in [-0.25, -0.2) is 0 Å². The van der Waals surface area contributed by atoms with Crippen LogP contribution in [0.3, 0.4) is 0 Å². The Hall–Kier alpha value is -1.22. The molecule has 17 heavy (non-hydrogen) atoms. The monoisotopic (exact) mass is 256 g/mol. The number of carboxylic acids is 1. The van der Waals surface area contributed by atoms with Gasteiger partial charge in [-0.05, 0) is 51.0 Å². The summed E-state index contributed by atoms with van der Waals surface area (Å²) in [5, 5.41) is 9.65. The average molecular weight is 257 g/mol. The first-order valence-corrected chi connectivity index (χ1v) is 5.85. The van der Waals surface area contributed by atoms with Crippen LogP contribution in [0.2, 0.25) is 5.02 Å². The van der Waals surface area contributed by atoms with E-state index in [0.717, 1.165) is 5.56 Å². The van der Waals surface area contributed by atoms with Gasteiger partial charge in [0, 0.05) is 0 Å². The SMILES string of the molecule is CCOc1cc(C)c(C(C)(C)C(=O)O)cc1Cl. The number of carbonyl (C=O) groups is 1. The van der Waals surface area contributed by atoms with Gasteiger partial charge in [-0.1, -0.05) is 11.6 Å². The highest BCUT2D eigenvalue weighted by atomic mass is 35.5. The molecule has 0 radical (unpaired) electrons. The molecule has 1 aromatic carbocycles. The molecule has 0 heterocycles. The first-order valence-electron chi connectivity index (χ1n) is 5.47. The Morgan fingerprint density at radius 1 is 1.47 bits per heavy atom. The van der Waals surface area contributed by atoms with Gasteiger partial charge in [-0.3, -0.25) is 4.79 Å². The number of halogens is 1. The quantitative estimate of drug-likeness (QED) is 0.898. The van der Waals surface area contributed by atoms with Gasteiger partial charge >= 0.3 is 5.97 Å². The minimum atomic E-state index is -0.960. The molecular formula is C13H17ClO3. The Labute approximate surface area is 106 Å². The van der Waals surface area contributed by atoms with Crippen molar-refractivity contribution in [3.63, 3.8) is 0 Å². The lowest BCUT2D eigenvalue weighted by molar-refractivity contribution is -0.142. The fourth-order valence-corrected chi connectivity index (χ4v) is 1.93. The summed E-state index contributed by atoms with van der Waals surface area (Å²) in [6, 6.07) is 3.46. The topological polar surface area (TPSA) is 46.5 Å². The van der Waals surface area contributed by atoms with Gasteiger partial charge in [0.1, 0.15) is 5.75 Å². The number of hydrogen-bond acceptors (Lipinski definition) is 2. The van der Waals surface area contributed by atoms with Crippen LogP contribution in [0.25, 0.3) is 0 Å². The van der Waals surface area contributed by atoms with E-state index in [4.69, 9.17) is 16.3 Å². The zero-order valence-electron chi connectivity index (χ0n) is 10.5. The van der Waals surface area contributed by atoms with E-state index in [0.29, 0.717) is 22.9 Å². The van der Waals surface area contributed by atoms with Gasteiger partial charge in [0.2, 0.25) is 0 Å². The molecule has 3 nitrogen and oxygen atoms in total. The zero-order chi connectivity index (χ0) is 13.2. The summed E-state index contributed by atoms with van der Waals surface area (Å²) in [7, 11) is 0. The number of rotatable bonds is 4. The molecule has 1 rings (SSSR count). The van der Waals surface area contributed by atoms with Crippen molar-refractivity contribution >= 4 is 17.6 Å². The summed E-state index contributed by atoms with van der Waals surface area (Å²) in [5.41, 5.74) is 0.613. The third-order valence-electron chi connectivity index (χ3n) is 2.79. The van der Waals surface area contributed by atoms with Crippen LogP contribution in [0.1, 0.15) is 31.9 Å². The minimum absolute atomic E-state index is 0.446. The zero-order valence-corrected chi connectivity index (χ0v) is 11.3. The second kappa shape index (κ2) is 4.96. The molecule has 0 aliphatic heterocycles. The minimum Gasteiger partial charge on any atom is -0.492 e. The predicted molar refractivity (Wildman–Crippen MR) is 68.0 cm³/mol. The number of benzene rings is 1. The van der Waals surface area contributed by atoms with Crippen LogP contribution in [0.4, 0.5) is 0 Å². The van der Waals surface area contributed by atoms with Crippen molar-refractivity contribution in [3.8, 4) is 5.75 Å². The van der Waals surface area contributed by atoms with Gasteiger partial charge in [-0.2, -0.15) is 0 Å². The van der Waals surface area contributed by atoms with Crippen molar-refractivity contribution in [1.29, 1.82) is 0 Å². The molecule has 0 bridgehead atoms. The van der Waals surface area contributed by atoms with Gasteiger partial charge < -0.3 is 9.84 Å². The Bertz CT molecular complexity index is 439. The van der Waals surface area contributed by atoms with E-state index in [9.17, 15) is 9.90 Å². The lowest BCUT2D eigenvalue weighted by Gasteiger charge is -2.23. The van der Waals surface area contributed by atoms with Gasteiger partial charge in [-0.15, -0.1) is 0 Å². The van der Waals surface area contributed by atoms with E-state index < -0.39 is 11.4 Å². The summed E-state index contributed by atoms with van der Waals surface area (Å²) < 4.78 is 5.37. The lowest BCUT2D eigenvalue weighted by atomic mass is 9.82. The second-order valence-corrected chi connectivity index (χ2v) is 4.87. The lowest BCUT2D eigenvalue weighted by Crippen LogP contribution is -2.29. The van der Waals surface area contributed by atoms with Crippen LogP contribution in [0.5, 0.6) is 5.75 Å². The molecule has 4 heteroatoms. The standard InChI is InChI=1S/C13H17ClO3/c1-5-17-11-6-8(2)9(7-10(11)14)13(3,4)12(15)16/h6-7H,5H2,1-4H3,(H,15,16). The van der Waals surface area contributed by atoms with E-state index in [1.54, 1.807) is 26.0 Å². The van der Waals surface area contributed by atoms with Crippen molar-refractivity contribution in [1.82, 2.24) is 0 Å². The van der Waals surface area contributed by atoms with Crippen LogP contribution in [0, 0.1) is 6.92 Å². The first-order chi connectivity index (χ1) is 7.80. The smallest absolute Gasteiger partial charge is 0.313 e. The first kappa shape index (κ1) is 13.8. The van der Waals surface area contributed by atoms with Gasteiger partial charge in [0.05, 0.1) is 17.0 Å². The normalized spacial score (nSPS) is 11.4. The van der Waals surface area contributed by atoms with Crippen molar-refractivity contribution in [2.24, 2.45) is 0 Å². The van der Waals surface area contributed by atoms with E-state index >= 15 is 0 Å². The molecule has 0 atom stereocenters. The maximum absolute atomic E-state index is 11.2. The molecule has 0 amide bonds. The number of aliphatic carboxylic acids is 1. The number of aryl methyl sites for hydroxylation is 1. The predicted octanol–water partition coefficient (Wildman–Crippen LogP) is 3.41. The third-order valence-corrected chi connectivity index (χ3v) is 3.08. The fraction of sp³-hybridized carbons (Fsp3) is 0.462. The summed E-state index contributed by atoms with van der Waals surface area (Å²) in [4.78, 5) is 11.2. The number of ether oxygens (including phenoxy) is 1. The number of hydrogen-bond donors (Lipinski definition) is 1. The molecule has 0 saturated heterocycles. The van der Waals surface area contributed by atoms with Crippen LogP contribution in [0.15, 0.2) is 12.1 Å². The Balaban J connectivity index is 3.29. The molecular weight excluding hydrogens is 240 g/mol. The van der Waals surface area contributed by atoms with E-state index in [1.807, 2.05) is 13.8 Å². The van der Waals surface area contributed by atoms with Crippen LogP contribution in [-0.4, -0.2) is 17.7 Å². The molecule has 1 N–H and O–H groups in total. The van der Waals surface area contributed by atoms with Crippen LogP contribution in [-0.2, 0) is 10.2 Å². The Morgan fingerprint density at radius 2 is 2.06 bits per heavy atom. The summed E-state index contributed by atoms with van der Waals surface area (Å²) in [5.74, 6) is -0.280. The Morgan fingerprint density at radius 3 is 2.53 bits per heavy atom. The molecule has 1 aromatic rings. The average Bonchev–Trinajstić information content (AvgIpc) is 2.22. The van der Waals surface area contributed by atoms with E-state index in [2.05, 4.69) is 0 Å². The van der Waals surface area contributed by atoms with Crippen LogP contribution < -0.4 is 4.74 Å². The maximum Gasteiger partial charge on any atom is 0.313 e. The van der Waals surface area contributed by atoms with Gasteiger partial charge in [0.25, 0.3) is 0 Å². The molecule has 0 aromatic heterocycles. The highest BCUT2D eigenvalue weighted by Crippen LogP contribution is 2.34. The Kier molecular flexibility index (Phi) is 4.04. The van der Waals surface area contributed by atoms with E-state index in [-0.39, 0.29) is 0 Å². The third kappa shape index (κ3) is 2.72. The van der Waals surface area contributed by atoms with Crippen LogP contribution >= 0.6 is 11.6 Å². The van der Waals surface area contributed by atoms with Crippen molar-refractivity contribution < 1.29 is 14.6 Å².